The maximum atomic E-state index is 13.2. The molecule has 0 atom stereocenters. The molecule has 20 heavy (non-hydrogen) atoms. The summed E-state index contributed by atoms with van der Waals surface area (Å²) in [6, 6.07) is 10.8. The molecule has 0 unspecified atom stereocenters. The van der Waals surface area contributed by atoms with Gasteiger partial charge in [-0.05, 0) is 46.3 Å². The number of carbonyl (C=O) groups is 1. The number of nitrogens with two attached hydrogens (primary N) is 1. The highest BCUT2D eigenvalue weighted by Crippen LogP contribution is 2.21. The average Bonchev–Trinajstić information content (AvgIpc) is 2.41. The maximum absolute atomic E-state index is 13.2. The van der Waals surface area contributed by atoms with E-state index in [4.69, 9.17) is 18.0 Å². The van der Waals surface area contributed by atoms with Gasteiger partial charge in [0.05, 0.1) is 11.3 Å². The van der Waals surface area contributed by atoms with Crippen molar-refractivity contribution in [2.75, 3.05) is 5.32 Å². The van der Waals surface area contributed by atoms with E-state index in [1.165, 1.54) is 18.2 Å². The fourth-order valence-corrected chi connectivity index (χ4v) is 2.30. The van der Waals surface area contributed by atoms with Crippen molar-refractivity contribution in [3.05, 3.63) is 63.9 Å². The van der Waals surface area contributed by atoms with Crippen LogP contribution in [0.15, 0.2) is 46.9 Å². The quantitative estimate of drug-likeness (QED) is 0.831. The average molecular weight is 353 g/mol. The zero-order chi connectivity index (χ0) is 14.7. The zero-order valence-corrected chi connectivity index (χ0v) is 12.6. The summed E-state index contributed by atoms with van der Waals surface area (Å²) in [5.74, 6) is -0.798. The molecule has 2 rings (SSSR count). The molecule has 0 spiro atoms. The Labute approximate surface area is 129 Å². The Morgan fingerprint density at radius 1 is 1.20 bits per heavy atom. The highest BCUT2D eigenvalue weighted by atomic mass is 79.9. The topological polar surface area (TPSA) is 55.1 Å². The van der Waals surface area contributed by atoms with Crippen molar-refractivity contribution >= 4 is 44.7 Å². The number of thiocarbonyl (C=S) groups is 1. The molecule has 0 aliphatic heterocycles. The maximum Gasteiger partial charge on any atom is 0.256 e. The van der Waals surface area contributed by atoms with E-state index in [1.54, 1.807) is 24.3 Å². The van der Waals surface area contributed by atoms with E-state index < -0.39 is 5.82 Å². The van der Waals surface area contributed by atoms with Gasteiger partial charge in [0, 0.05) is 10.0 Å². The lowest BCUT2D eigenvalue weighted by Crippen LogP contribution is -2.18. The lowest BCUT2D eigenvalue weighted by Gasteiger charge is -2.11. The normalized spacial score (nSPS) is 10.1. The van der Waals surface area contributed by atoms with Crippen LogP contribution in [0.4, 0.5) is 10.1 Å². The van der Waals surface area contributed by atoms with Crippen LogP contribution in [-0.4, -0.2) is 10.9 Å². The number of benzene rings is 2. The fraction of sp³-hybridized carbons (Fsp3) is 0. The first-order valence-electron chi connectivity index (χ1n) is 5.64. The van der Waals surface area contributed by atoms with Gasteiger partial charge in [0.1, 0.15) is 10.8 Å². The molecular formula is C14H10BrFN2OS. The van der Waals surface area contributed by atoms with Gasteiger partial charge in [-0.3, -0.25) is 4.79 Å². The highest BCUT2D eigenvalue weighted by molar-refractivity contribution is 9.10. The Kier molecular flexibility index (Phi) is 4.46. The molecule has 0 aromatic heterocycles. The first-order valence-corrected chi connectivity index (χ1v) is 6.84. The fourth-order valence-electron chi connectivity index (χ4n) is 1.66. The molecule has 3 nitrogen and oxygen atoms in total. The van der Waals surface area contributed by atoms with E-state index in [0.717, 1.165) is 0 Å². The summed E-state index contributed by atoms with van der Waals surface area (Å²) in [5, 5.41) is 2.67. The molecule has 2 aromatic carbocycles. The third kappa shape index (κ3) is 3.20. The number of rotatable bonds is 3. The van der Waals surface area contributed by atoms with Crippen molar-refractivity contribution in [3.63, 3.8) is 0 Å². The first kappa shape index (κ1) is 14.6. The number of nitrogens with one attached hydrogen (secondary N) is 1. The van der Waals surface area contributed by atoms with E-state index in [0.29, 0.717) is 21.3 Å². The van der Waals surface area contributed by atoms with E-state index in [-0.39, 0.29) is 10.9 Å². The third-order valence-electron chi connectivity index (χ3n) is 2.61. The minimum atomic E-state index is -0.466. The summed E-state index contributed by atoms with van der Waals surface area (Å²) in [6.07, 6.45) is 0. The molecule has 0 fully saturated rings. The molecule has 0 radical (unpaired) electrons. The largest absolute Gasteiger partial charge is 0.389 e. The summed E-state index contributed by atoms with van der Waals surface area (Å²) < 4.78 is 13.9. The zero-order valence-electron chi connectivity index (χ0n) is 10.2. The lowest BCUT2D eigenvalue weighted by atomic mass is 10.1. The number of halogens is 2. The van der Waals surface area contributed by atoms with Gasteiger partial charge in [-0.2, -0.15) is 0 Å². The van der Waals surface area contributed by atoms with Crippen LogP contribution in [0.1, 0.15) is 15.9 Å². The van der Waals surface area contributed by atoms with Gasteiger partial charge in [-0.15, -0.1) is 0 Å². The smallest absolute Gasteiger partial charge is 0.256 e. The number of anilines is 1. The van der Waals surface area contributed by atoms with Gasteiger partial charge in [-0.1, -0.05) is 24.4 Å². The molecule has 0 aliphatic carbocycles. The van der Waals surface area contributed by atoms with Gasteiger partial charge in [0.15, 0.2) is 0 Å². The van der Waals surface area contributed by atoms with Crippen LogP contribution in [0.3, 0.4) is 0 Å². The molecule has 3 N–H and O–H groups in total. The molecular weight excluding hydrogens is 343 g/mol. The molecule has 0 aliphatic rings. The number of carbonyl (C=O) groups excluding carboxylic acids is 1. The Balaban J connectivity index is 2.33. The monoisotopic (exact) mass is 352 g/mol. The van der Waals surface area contributed by atoms with E-state index in [9.17, 15) is 9.18 Å². The molecule has 0 bridgehead atoms. The van der Waals surface area contributed by atoms with Crippen molar-refractivity contribution in [1.29, 1.82) is 0 Å². The molecule has 0 saturated heterocycles. The molecule has 1 amide bonds. The minimum absolute atomic E-state index is 0.0203. The lowest BCUT2D eigenvalue weighted by molar-refractivity contribution is 0.102. The minimum Gasteiger partial charge on any atom is -0.389 e. The van der Waals surface area contributed by atoms with Crippen molar-refractivity contribution in [2.45, 2.75) is 0 Å². The Morgan fingerprint density at radius 3 is 2.55 bits per heavy atom. The van der Waals surface area contributed by atoms with Gasteiger partial charge >= 0.3 is 0 Å². The Hall–Kier alpha value is -1.79. The van der Waals surface area contributed by atoms with Crippen LogP contribution in [-0.2, 0) is 0 Å². The summed E-state index contributed by atoms with van der Waals surface area (Å²) in [7, 11) is 0. The van der Waals surface area contributed by atoms with E-state index in [2.05, 4.69) is 21.2 Å². The Bertz CT molecular complexity index is 691. The van der Waals surface area contributed by atoms with E-state index in [1.807, 2.05) is 0 Å². The molecule has 2 aromatic rings. The molecule has 0 saturated carbocycles. The van der Waals surface area contributed by atoms with Crippen LogP contribution in [0.25, 0.3) is 0 Å². The molecule has 102 valence electrons. The van der Waals surface area contributed by atoms with Crippen LogP contribution < -0.4 is 11.1 Å². The summed E-state index contributed by atoms with van der Waals surface area (Å²) in [4.78, 5) is 12.2. The third-order valence-corrected chi connectivity index (χ3v) is 3.53. The first-order chi connectivity index (χ1) is 9.49. The van der Waals surface area contributed by atoms with Crippen molar-refractivity contribution in [3.8, 4) is 0 Å². The second-order valence-electron chi connectivity index (χ2n) is 3.99. The number of hydrogen-bond donors (Lipinski definition) is 2. The second-order valence-corrected chi connectivity index (χ2v) is 5.28. The van der Waals surface area contributed by atoms with Gasteiger partial charge in [-0.25, -0.2) is 4.39 Å². The SMILES string of the molecule is NC(=S)c1cc(F)ccc1NC(=O)c1ccccc1Br. The predicted octanol–water partition coefficient (Wildman–Crippen LogP) is 3.47. The van der Waals surface area contributed by atoms with Crippen LogP contribution in [0.2, 0.25) is 0 Å². The second kappa shape index (κ2) is 6.11. The molecule has 0 heterocycles. The van der Waals surface area contributed by atoms with Crippen molar-refractivity contribution in [1.82, 2.24) is 0 Å². The highest BCUT2D eigenvalue weighted by Gasteiger charge is 2.13. The number of hydrogen-bond acceptors (Lipinski definition) is 2. The van der Waals surface area contributed by atoms with Gasteiger partial charge < -0.3 is 11.1 Å². The number of amides is 1. The summed E-state index contributed by atoms with van der Waals surface area (Å²) >= 11 is 8.15. The van der Waals surface area contributed by atoms with Gasteiger partial charge in [0.25, 0.3) is 5.91 Å². The summed E-state index contributed by atoms with van der Waals surface area (Å²) in [5.41, 5.74) is 6.66. The Morgan fingerprint density at radius 2 is 1.90 bits per heavy atom. The molecule has 6 heteroatoms. The van der Waals surface area contributed by atoms with Crippen LogP contribution in [0.5, 0.6) is 0 Å². The van der Waals surface area contributed by atoms with Gasteiger partial charge in [0.2, 0.25) is 0 Å². The van der Waals surface area contributed by atoms with Crippen molar-refractivity contribution < 1.29 is 9.18 Å². The van der Waals surface area contributed by atoms with E-state index >= 15 is 0 Å². The van der Waals surface area contributed by atoms with Crippen molar-refractivity contribution in [2.24, 2.45) is 5.73 Å². The van der Waals surface area contributed by atoms with Crippen LogP contribution in [0, 0.1) is 5.82 Å². The van der Waals surface area contributed by atoms with Crippen LogP contribution >= 0.6 is 28.1 Å². The summed E-state index contributed by atoms with van der Waals surface area (Å²) in [6.45, 7) is 0. The standard InChI is InChI=1S/C14H10BrFN2OS/c15-11-4-2-1-3-9(11)14(19)18-12-6-5-8(16)7-10(12)13(17)20/h1-7H,(H2,17,20)(H,18,19). The predicted molar refractivity (Wildman–Crippen MR) is 84.4 cm³/mol.